The number of rotatable bonds is 6. The van der Waals surface area contributed by atoms with Gasteiger partial charge in [-0.25, -0.2) is 4.79 Å². The first-order valence-corrected chi connectivity index (χ1v) is 6.45. The Kier molecular flexibility index (Phi) is 4.73. The summed E-state index contributed by atoms with van der Waals surface area (Å²) in [5, 5.41) is 19.0. The summed E-state index contributed by atoms with van der Waals surface area (Å²) < 4.78 is 15.6. The van der Waals surface area contributed by atoms with Crippen LogP contribution in [0, 0.1) is 0 Å². The third-order valence-corrected chi connectivity index (χ3v) is 3.09. The molecule has 0 saturated heterocycles. The molecule has 0 heterocycles. The van der Waals surface area contributed by atoms with Crippen LogP contribution in [0.2, 0.25) is 0 Å². The molecular weight excluding hydrogens is 288 g/mol. The Morgan fingerprint density at radius 3 is 2.27 bits per heavy atom. The van der Waals surface area contributed by atoms with Crippen molar-refractivity contribution in [3.8, 4) is 23.0 Å². The maximum Gasteiger partial charge on any atom is 0.339 e. The van der Waals surface area contributed by atoms with Crippen LogP contribution in [-0.4, -0.2) is 30.4 Å². The molecule has 0 aromatic heterocycles. The van der Waals surface area contributed by atoms with Crippen LogP contribution in [0.4, 0.5) is 0 Å². The van der Waals surface area contributed by atoms with Crippen LogP contribution in [0.25, 0.3) is 0 Å². The molecule has 2 rings (SSSR count). The van der Waals surface area contributed by atoms with Gasteiger partial charge in [-0.3, -0.25) is 0 Å². The van der Waals surface area contributed by atoms with Crippen LogP contribution in [0.15, 0.2) is 36.4 Å². The summed E-state index contributed by atoms with van der Waals surface area (Å²) in [6.45, 7) is 0.0171. The predicted octanol–water partition coefficient (Wildman–Crippen LogP) is 2.69. The molecule has 0 amide bonds. The number of benzene rings is 2. The molecule has 0 aliphatic carbocycles. The summed E-state index contributed by atoms with van der Waals surface area (Å²) in [6.07, 6.45) is 0. The molecule has 2 aromatic carbocycles. The van der Waals surface area contributed by atoms with E-state index in [4.69, 9.17) is 19.3 Å². The molecule has 0 aliphatic heterocycles. The molecule has 0 spiro atoms. The van der Waals surface area contributed by atoms with Gasteiger partial charge in [-0.2, -0.15) is 0 Å². The second kappa shape index (κ2) is 6.71. The van der Waals surface area contributed by atoms with E-state index in [1.165, 1.54) is 32.4 Å². The Bertz CT molecular complexity index is 680. The minimum atomic E-state index is -1.10. The Morgan fingerprint density at radius 2 is 1.68 bits per heavy atom. The average Bonchev–Trinajstić information content (AvgIpc) is 2.53. The van der Waals surface area contributed by atoms with E-state index in [1.807, 2.05) is 0 Å². The number of hydrogen-bond donors (Lipinski definition) is 2. The third kappa shape index (κ3) is 3.41. The second-order valence-electron chi connectivity index (χ2n) is 4.45. The van der Waals surface area contributed by atoms with Crippen molar-refractivity contribution in [2.75, 3.05) is 14.2 Å². The monoisotopic (exact) mass is 304 g/mol. The zero-order valence-electron chi connectivity index (χ0n) is 12.2. The van der Waals surface area contributed by atoms with Gasteiger partial charge in [0.2, 0.25) is 0 Å². The maximum atomic E-state index is 11.2. The highest BCUT2D eigenvalue weighted by Crippen LogP contribution is 2.28. The Morgan fingerprint density at radius 1 is 1.05 bits per heavy atom. The number of ether oxygens (including phenoxy) is 3. The fourth-order valence-corrected chi connectivity index (χ4v) is 1.87. The van der Waals surface area contributed by atoms with Gasteiger partial charge in [0.25, 0.3) is 0 Å². The molecule has 0 unspecified atom stereocenters. The lowest BCUT2D eigenvalue weighted by molar-refractivity contribution is 0.0691. The molecule has 2 N–H and O–H groups in total. The molecule has 116 valence electrons. The van der Waals surface area contributed by atoms with Crippen LogP contribution >= 0.6 is 0 Å². The summed E-state index contributed by atoms with van der Waals surface area (Å²) in [5.41, 5.74) is 0.536. The van der Waals surface area contributed by atoms with Gasteiger partial charge >= 0.3 is 5.97 Å². The van der Waals surface area contributed by atoms with Crippen LogP contribution in [0.3, 0.4) is 0 Å². The predicted molar refractivity (Wildman–Crippen MR) is 78.9 cm³/mol. The third-order valence-electron chi connectivity index (χ3n) is 3.09. The summed E-state index contributed by atoms with van der Waals surface area (Å²) in [5.74, 6) is 0.0885. The molecule has 0 radical (unpaired) electrons. The van der Waals surface area contributed by atoms with Crippen molar-refractivity contribution >= 4 is 5.97 Å². The molecule has 6 nitrogen and oxygen atoms in total. The smallest absolute Gasteiger partial charge is 0.339 e. The largest absolute Gasteiger partial charge is 0.507 e. The molecule has 0 atom stereocenters. The molecular formula is C16H16O6. The molecule has 0 aliphatic rings. The van der Waals surface area contributed by atoms with Crippen molar-refractivity contribution in [3.05, 3.63) is 47.5 Å². The number of aromatic hydroxyl groups is 1. The zero-order chi connectivity index (χ0) is 16.1. The molecule has 0 bridgehead atoms. The first-order chi connectivity index (χ1) is 10.5. The van der Waals surface area contributed by atoms with Crippen LogP contribution in [0.5, 0.6) is 23.0 Å². The standard InChI is InChI=1S/C16H16O6/c1-20-11-4-3-10(14(17)7-11)9-22-15-8-12(21-2)5-6-13(15)16(18)19/h3-8,17H,9H2,1-2H3,(H,18,19). The first-order valence-electron chi connectivity index (χ1n) is 6.45. The highest BCUT2D eigenvalue weighted by atomic mass is 16.5. The number of methoxy groups -OCH3 is 2. The van der Waals surface area contributed by atoms with E-state index in [9.17, 15) is 9.90 Å². The average molecular weight is 304 g/mol. The van der Waals surface area contributed by atoms with E-state index in [0.29, 0.717) is 17.1 Å². The lowest BCUT2D eigenvalue weighted by atomic mass is 10.2. The number of aromatic carboxylic acids is 1. The van der Waals surface area contributed by atoms with Crippen molar-refractivity contribution in [2.45, 2.75) is 6.61 Å². The summed E-state index contributed by atoms with van der Waals surface area (Å²) >= 11 is 0. The summed E-state index contributed by atoms with van der Waals surface area (Å²) in [7, 11) is 2.98. The quantitative estimate of drug-likeness (QED) is 0.853. The SMILES string of the molecule is COc1ccc(COc2cc(OC)ccc2C(=O)O)c(O)c1. The van der Waals surface area contributed by atoms with E-state index in [0.717, 1.165) is 0 Å². The zero-order valence-corrected chi connectivity index (χ0v) is 12.2. The van der Waals surface area contributed by atoms with Crippen molar-refractivity contribution in [3.63, 3.8) is 0 Å². The van der Waals surface area contributed by atoms with Crippen molar-refractivity contribution in [1.82, 2.24) is 0 Å². The van der Waals surface area contributed by atoms with Gasteiger partial charge in [-0.05, 0) is 24.3 Å². The fraction of sp³-hybridized carbons (Fsp3) is 0.188. The lowest BCUT2D eigenvalue weighted by Gasteiger charge is -2.12. The highest BCUT2D eigenvalue weighted by molar-refractivity contribution is 5.91. The normalized spacial score (nSPS) is 10.1. The Hall–Kier alpha value is -2.89. The number of carbonyl (C=O) groups is 1. The van der Waals surface area contributed by atoms with Gasteiger partial charge in [0.05, 0.1) is 14.2 Å². The van der Waals surface area contributed by atoms with Gasteiger partial charge < -0.3 is 24.4 Å². The van der Waals surface area contributed by atoms with Gasteiger partial charge in [0, 0.05) is 17.7 Å². The van der Waals surface area contributed by atoms with Crippen molar-refractivity contribution in [1.29, 1.82) is 0 Å². The van der Waals surface area contributed by atoms with E-state index in [1.54, 1.807) is 18.2 Å². The molecule has 2 aromatic rings. The van der Waals surface area contributed by atoms with E-state index in [2.05, 4.69) is 0 Å². The number of phenolic OH excluding ortho intramolecular Hbond substituents is 1. The summed E-state index contributed by atoms with van der Waals surface area (Å²) in [4.78, 5) is 11.2. The minimum absolute atomic E-state index is 0.0131. The van der Waals surface area contributed by atoms with Gasteiger partial charge in [-0.15, -0.1) is 0 Å². The molecule has 0 saturated carbocycles. The molecule has 6 heteroatoms. The van der Waals surface area contributed by atoms with Crippen molar-refractivity contribution in [2.24, 2.45) is 0 Å². The maximum absolute atomic E-state index is 11.2. The number of carboxylic acids is 1. The van der Waals surface area contributed by atoms with E-state index >= 15 is 0 Å². The Balaban J connectivity index is 2.22. The highest BCUT2D eigenvalue weighted by Gasteiger charge is 2.13. The minimum Gasteiger partial charge on any atom is -0.507 e. The van der Waals surface area contributed by atoms with Crippen LogP contribution < -0.4 is 14.2 Å². The second-order valence-corrected chi connectivity index (χ2v) is 4.45. The summed E-state index contributed by atoms with van der Waals surface area (Å²) in [6, 6.07) is 9.23. The Labute approximate surface area is 127 Å². The number of phenols is 1. The van der Waals surface area contributed by atoms with Gasteiger partial charge in [0.1, 0.15) is 35.2 Å². The van der Waals surface area contributed by atoms with Gasteiger partial charge in [-0.1, -0.05) is 0 Å². The first kappa shape index (κ1) is 15.5. The number of carboxylic acid groups (broad SMARTS) is 1. The van der Waals surface area contributed by atoms with Gasteiger partial charge in [0.15, 0.2) is 0 Å². The molecule has 22 heavy (non-hydrogen) atoms. The van der Waals surface area contributed by atoms with Crippen LogP contribution in [0.1, 0.15) is 15.9 Å². The number of hydrogen-bond acceptors (Lipinski definition) is 5. The molecule has 0 fully saturated rings. The fourth-order valence-electron chi connectivity index (χ4n) is 1.87. The lowest BCUT2D eigenvalue weighted by Crippen LogP contribution is -2.04. The van der Waals surface area contributed by atoms with Crippen molar-refractivity contribution < 1.29 is 29.2 Å². The van der Waals surface area contributed by atoms with E-state index in [-0.39, 0.29) is 23.7 Å². The van der Waals surface area contributed by atoms with Crippen LogP contribution in [-0.2, 0) is 6.61 Å². The van der Waals surface area contributed by atoms with E-state index < -0.39 is 5.97 Å². The topological polar surface area (TPSA) is 85.2 Å².